The van der Waals surface area contributed by atoms with E-state index in [0.29, 0.717) is 18.4 Å². The third-order valence-corrected chi connectivity index (χ3v) is 5.29. The number of carbonyl (C=O) groups is 1. The Balaban J connectivity index is 0.00000161. The Labute approximate surface area is 136 Å². The summed E-state index contributed by atoms with van der Waals surface area (Å²) in [6.45, 7) is 5.66. The SMILES string of the molecule is Cl.O=C(CCN1CCCC1c1cccs1)N1CCNCC1. The normalized spacial score (nSPS) is 23.0. The lowest BCUT2D eigenvalue weighted by molar-refractivity contribution is -0.132. The molecule has 1 N–H and O–H groups in total. The van der Waals surface area contributed by atoms with Gasteiger partial charge in [0.15, 0.2) is 0 Å². The molecule has 4 nitrogen and oxygen atoms in total. The molecule has 2 saturated heterocycles. The number of hydrogen-bond donors (Lipinski definition) is 1. The summed E-state index contributed by atoms with van der Waals surface area (Å²) in [5.41, 5.74) is 0. The average Bonchev–Trinajstić information content (AvgIpc) is 3.16. The number of halogens is 1. The first-order chi connectivity index (χ1) is 9.84. The van der Waals surface area contributed by atoms with E-state index < -0.39 is 0 Å². The summed E-state index contributed by atoms with van der Waals surface area (Å²) in [6, 6.07) is 4.90. The quantitative estimate of drug-likeness (QED) is 0.919. The molecule has 1 atom stereocenters. The zero-order valence-electron chi connectivity index (χ0n) is 12.3. The van der Waals surface area contributed by atoms with Crippen LogP contribution in [0.4, 0.5) is 0 Å². The summed E-state index contributed by atoms with van der Waals surface area (Å²) in [4.78, 5) is 18.2. The van der Waals surface area contributed by atoms with Gasteiger partial charge in [0.1, 0.15) is 0 Å². The van der Waals surface area contributed by atoms with E-state index in [4.69, 9.17) is 0 Å². The van der Waals surface area contributed by atoms with Crippen molar-refractivity contribution >= 4 is 29.7 Å². The molecule has 1 amide bonds. The third-order valence-electron chi connectivity index (χ3n) is 4.32. The first-order valence-corrected chi connectivity index (χ1v) is 8.48. The molecule has 0 radical (unpaired) electrons. The third kappa shape index (κ3) is 4.19. The molecule has 0 aliphatic carbocycles. The molecule has 1 aromatic heterocycles. The van der Waals surface area contributed by atoms with Gasteiger partial charge in [0.05, 0.1) is 0 Å². The molecule has 0 bridgehead atoms. The fourth-order valence-corrected chi connectivity index (χ4v) is 4.10. The average molecular weight is 330 g/mol. The lowest BCUT2D eigenvalue weighted by Gasteiger charge is -2.29. The Kier molecular flexibility index (Phi) is 6.48. The zero-order chi connectivity index (χ0) is 13.8. The van der Waals surface area contributed by atoms with E-state index in [9.17, 15) is 4.79 Å². The summed E-state index contributed by atoms with van der Waals surface area (Å²) >= 11 is 1.84. The van der Waals surface area contributed by atoms with Gasteiger partial charge in [0, 0.05) is 50.1 Å². The van der Waals surface area contributed by atoms with E-state index in [1.54, 1.807) is 0 Å². The van der Waals surface area contributed by atoms with Crippen molar-refractivity contribution in [3.63, 3.8) is 0 Å². The van der Waals surface area contributed by atoms with Crippen molar-refractivity contribution in [3.8, 4) is 0 Å². The maximum Gasteiger partial charge on any atom is 0.223 e. The van der Waals surface area contributed by atoms with Crippen molar-refractivity contribution in [2.24, 2.45) is 0 Å². The first kappa shape index (κ1) is 16.7. The Morgan fingerprint density at radius 3 is 2.86 bits per heavy atom. The van der Waals surface area contributed by atoms with Crippen LogP contribution < -0.4 is 5.32 Å². The molecule has 3 rings (SSSR count). The number of nitrogens with zero attached hydrogens (tertiary/aromatic N) is 2. The summed E-state index contributed by atoms with van der Waals surface area (Å²) < 4.78 is 0. The number of thiophene rings is 1. The minimum atomic E-state index is 0. The number of carbonyl (C=O) groups excluding carboxylic acids is 1. The molecule has 2 aliphatic rings. The van der Waals surface area contributed by atoms with Crippen LogP contribution in [0.2, 0.25) is 0 Å². The van der Waals surface area contributed by atoms with Gasteiger partial charge in [-0.3, -0.25) is 9.69 Å². The molecule has 118 valence electrons. The van der Waals surface area contributed by atoms with E-state index in [2.05, 4.69) is 27.7 Å². The fraction of sp³-hybridized carbons (Fsp3) is 0.667. The van der Waals surface area contributed by atoms with Crippen LogP contribution in [-0.4, -0.2) is 55.0 Å². The van der Waals surface area contributed by atoms with Crippen LogP contribution >= 0.6 is 23.7 Å². The van der Waals surface area contributed by atoms with Crippen LogP contribution in [0.25, 0.3) is 0 Å². The van der Waals surface area contributed by atoms with Crippen LogP contribution in [0.3, 0.4) is 0 Å². The Morgan fingerprint density at radius 1 is 1.33 bits per heavy atom. The maximum absolute atomic E-state index is 12.2. The predicted molar refractivity (Wildman–Crippen MR) is 89.2 cm³/mol. The monoisotopic (exact) mass is 329 g/mol. The van der Waals surface area contributed by atoms with Crippen molar-refractivity contribution in [2.45, 2.75) is 25.3 Å². The largest absolute Gasteiger partial charge is 0.340 e. The van der Waals surface area contributed by atoms with Gasteiger partial charge in [-0.05, 0) is 30.8 Å². The minimum absolute atomic E-state index is 0. The molecule has 21 heavy (non-hydrogen) atoms. The summed E-state index contributed by atoms with van der Waals surface area (Å²) in [5.74, 6) is 0.323. The second-order valence-corrected chi connectivity index (χ2v) is 6.57. The molecule has 6 heteroatoms. The number of likely N-dealkylation sites (tertiary alicyclic amines) is 1. The highest BCUT2D eigenvalue weighted by Crippen LogP contribution is 2.34. The van der Waals surface area contributed by atoms with Gasteiger partial charge in [0.2, 0.25) is 5.91 Å². The number of rotatable bonds is 4. The summed E-state index contributed by atoms with van der Waals surface area (Å²) in [7, 11) is 0. The van der Waals surface area contributed by atoms with E-state index in [1.807, 2.05) is 16.2 Å². The maximum atomic E-state index is 12.2. The van der Waals surface area contributed by atoms with Gasteiger partial charge in [-0.1, -0.05) is 6.07 Å². The molecular formula is C15H24ClN3OS. The molecule has 0 spiro atoms. The van der Waals surface area contributed by atoms with Crippen molar-refractivity contribution in [3.05, 3.63) is 22.4 Å². The van der Waals surface area contributed by atoms with Crippen LogP contribution in [0.5, 0.6) is 0 Å². The smallest absolute Gasteiger partial charge is 0.223 e. The van der Waals surface area contributed by atoms with Crippen molar-refractivity contribution in [1.29, 1.82) is 0 Å². The highest BCUT2D eigenvalue weighted by atomic mass is 35.5. The lowest BCUT2D eigenvalue weighted by Crippen LogP contribution is -2.47. The van der Waals surface area contributed by atoms with Gasteiger partial charge >= 0.3 is 0 Å². The first-order valence-electron chi connectivity index (χ1n) is 7.60. The number of amides is 1. The molecule has 1 unspecified atom stereocenters. The van der Waals surface area contributed by atoms with Crippen molar-refractivity contribution in [2.75, 3.05) is 39.3 Å². The molecule has 2 aliphatic heterocycles. The topological polar surface area (TPSA) is 35.6 Å². The molecule has 2 fully saturated rings. The van der Waals surface area contributed by atoms with Gasteiger partial charge in [0.25, 0.3) is 0 Å². The van der Waals surface area contributed by atoms with Gasteiger partial charge < -0.3 is 10.2 Å². The molecular weight excluding hydrogens is 306 g/mol. The number of nitrogens with one attached hydrogen (secondary N) is 1. The van der Waals surface area contributed by atoms with Gasteiger partial charge in [-0.2, -0.15) is 0 Å². The number of piperazine rings is 1. The van der Waals surface area contributed by atoms with Crippen LogP contribution in [-0.2, 0) is 4.79 Å². The Morgan fingerprint density at radius 2 is 2.14 bits per heavy atom. The number of hydrogen-bond acceptors (Lipinski definition) is 4. The van der Waals surface area contributed by atoms with Crippen LogP contribution in [0, 0.1) is 0 Å². The molecule has 0 aromatic carbocycles. The second-order valence-electron chi connectivity index (χ2n) is 5.59. The lowest BCUT2D eigenvalue weighted by atomic mass is 10.2. The van der Waals surface area contributed by atoms with Crippen LogP contribution in [0.1, 0.15) is 30.2 Å². The van der Waals surface area contributed by atoms with Gasteiger partial charge in [-0.15, -0.1) is 23.7 Å². The highest BCUT2D eigenvalue weighted by Gasteiger charge is 2.27. The van der Waals surface area contributed by atoms with E-state index in [1.165, 1.54) is 17.7 Å². The van der Waals surface area contributed by atoms with E-state index in [-0.39, 0.29) is 12.4 Å². The Hall–Kier alpha value is -0.620. The zero-order valence-corrected chi connectivity index (χ0v) is 13.9. The molecule has 1 aromatic rings. The highest BCUT2D eigenvalue weighted by molar-refractivity contribution is 7.10. The van der Waals surface area contributed by atoms with Crippen LogP contribution in [0.15, 0.2) is 17.5 Å². The van der Waals surface area contributed by atoms with E-state index >= 15 is 0 Å². The standard InChI is InChI=1S/C15H23N3OS.ClH/c19-15(18-10-6-16-7-11-18)5-9-17-8-1-3-13(17)14-4-2-12-20-14;/h2,4,12-13,16H,1,3,5-11H2;1H. The minimum Gasteiger partial charge on any atom is -0.340 e. The summed E-state index contributed by atoms with van der Waals surface area (Å²) in [6.07, 6.45) is 3.16. The predicted octanol–water partition coefficient (Wildman–Crippen LogP) is 2.13. The van der Waals surface area contributed by atoms with E-state index in [0.717, 1.165) is 39.3 Å². The molecule has 3 heterocycles. The Bertz CT molecular complexity index is 434. The second kappa shape index (κ2) is 8.13. The van der Waals surface area contributed by atoms with Crippen molar-refractivity contribution < 1.29 is 4.79 Å². The molecule has 0 saturated carbocycles. The van der Waals surface area contributed by atoms with Gasteiger partial charge in [-0.25, -0.2) is 0 Å². The summed E-state index contributed by atoms with van der Waals surface area (Å²) in [5, 5.41) is 5.44. The van der Waals surface area contributed by atoms with Crippen molar-refractivity contribution in [1.82, 2.24) is 15.1 Å². The fourth-order valence-electron chi connectivity index (χ4n) is 3.21.